The van der Waals surface area contributed by atoms with Crippen LogP contribution in [-0.2, 0) is 13.0 Å². The van der Waals surface area contributed by atoms with Gasteiger partial charge in [-0.15, -0.1) is 0 Å². The summed E-state index contributed by atoms with van der Waals surface area (Å²) in [6.45, 7) is 2.64. The Morgan fingerprint density at radius 1 is 0.889 bits per heavy atom. The first-order valence-electron chi connectivity index (χ1n) is 11.9. The summed E-state index contributed by atoms with van der Waals surface area (Å²) in [4.78, 5) is 39.3. The number of rotatable bonds is 8. The van der Waals surface area contributed by atoms with Crippen molar-refractivity contribution in [3.05, 3.63) is 119 Å². The lowest BCUT2D eigenvalue weighted by Gasteiger charge is -2.14. The number of amides is 3. The minimum absolute atomic E-state index is 0.123. The highest BCUT2D eigenvalue weighted by molar-refractivity contribution is 6.21. The molecule has 0 fully saturated rings. The van der Waals surface area contributed by atoms with E-state index in [1.165, 1.54) is 4.90 Å². The Kier molecular flexibility index (Phi) is 6.45. The van der Waals surface area contributed by atoms with Gasteiger partial charge in [0, 0.05) is 18.3 Å². The molecule has 36 heavy (non-hydrogen) atoms. The van der Waals surface area contributed by atoms with E-state index in [1.807, 2.05) is 54.2 Å². The summed E-state index contributed by atoms with van der Waals surface area (Å²) >= 11 is 0. The first kappa shape index (κ1) is 23.2. The highest BCUT2D eigenvalue weighted by atomic mass is 16.2. The number of para-hydroxylation sites is 1. The van der Waals surface area contributed by atoms with E-state index in [-0.39, 0.29) is 24.3 Å². The molecule has 3 aromatic carbocycles. The van der Waals surface area contributed by atoms with Gasteiger partial charge >= 0.3 is 0 Å². The zero-order valence-electron chi connectivity index (χ0n) is 20.0. The lowest BCUT2D eigenvalue weighted by Crippen LogP contribution is -2.29. The van der Waals surface area contributed by atoms with Crippen LogP contribution in [0.2, 0.25) is 0 Å². The second kappa shape index (κ2) is 10.00. The first-order valence-corrected chi connectivity index (χ1v) is 11.9. The summed E-state index contributed by atoms with van der Waals surface area (Å²) < 4.78 is 1.88. The van der Waals surface area contributed by atoms with Crippen LogP contribution in [0.4, 0.5) is 0 Å². The Hall–Kier alpha value is -4.52. The van der Waals surface area contributed by atoms with E-state index in [2.05, 4.69) is 10.4 Å². The van der Waals surface area contributed by atoms with E-state index in [0.29, 0.717) is 23.2 Å². The summed E-state index contributed by atoms with van der Waals surface area (Å²) in [5.41, 5.74) is 5.20. The van der Waals surface area contributed by atoms with Crippen molar-refractivity contribution in [2.45, 2.75) is 26.3 Å². The maximum Gasteiger partial charge on any atom is 0.261 e. The van der Waals surface area contributed by atoms with Gasteiger partial charge in [-0.05, 0) is 67.3 Å². The van der Waals surface area contributed by atoms with Crippen molar-refractivity contribution < 1.29 is 14.4 Å². The number of aryl methyl sites for hydroxylation is 2. The third-order valence-corrected chi connectivity index (χ3v) is 6.34. The van der Waals surface area contributed by atoms with Gasteiger partial charge in [-0.3, -0.25) is 19.3 Å². The average molecular weight is 479 g/mol. The van der Waals surface area contributed by atoms with E-state index in [4.69, 9.17) is 0 Å². The van der Waals surface area contributed by atoms with Crippen molar-refractivity contribution in [3.63, 3.8) is 0 Å². The van der Waals surface area contributed by atoms with Gasteiger partial charge in [0.1, 0.15) is 0 Å². The van der Waals surface area contributed by atoms with Gasteiger partial charge < -0.3 is 5.32 Å². The molecule has 1 N–H and O–H groups in total. The number of nitrogens with one attached hydrogen (secondary N) is 1. The third-order valence-electron chi connectivity index (χ3n) is 6.34. The molecule has 2 heterocycles. The average Bonchev–Trinajstić information content (AvgIpc) is 3.40. The van der Waals surface area contributed by atoms with Gasteiger partial charge in [0.25, 0.3) is 17.7 Å². The number of carbonyl (C=O) groups is 3. The molecule has 1 aliphatic heterocycles. The number of benzene rings is 3. The molecular formula is C29H26N4O3. The molecule has 0 saturated carbocycles. The molecule has 0 spiro atoms. The summed E-state index contributed by atoms with van der Waals surface area (Å²) in [6.07, 6.45) is 3.62. The number of aromatic nitrogens is 2. The summed E-state index contributed by atoms with van der Waals surface area (Å²) in [6, 6.07) is 23.8. The molecule has 0 atom stereocenters. The highest BCUT2D eigenvalue weighted by Gasteiger charge is 2.35. The highest BCUT2D eigenvalue weighted by Crippen LogP contribution is 2.24. The van der Waals surface area contributed by atoms with E-state index >= 15 is 0 Å². The Morgan fingerprint density at radius 2 is 1.58 bits per heavy atom. The SMILES string of the molecule is Cc1nn(-c2ccccc2)cc1CCCNC(=O)c1cccc(CN2C(=O)c3ccccc3C2=O)c1. The van der Waals surface area contributed by atoms with Crippen molar-refractivity contribution in [1.82, 2.24) is 20.0 Å². The molecule has 0 radical (unpaired) electrons. The monoisotopic (exact) mass is 478 g/mol. The van der Waals surface area contributed by atoms with E-state index in [1.54, 1.807) is 42.5 Å². The smallest absolute Gasteiger partial charge is 0.261 e. The Morgan fingerprint density at radius 3 is 2.31 bits per heavy atom. The van der Waals surface area contributed by atoms with Crippen LogP contribution in [0.3, 0.4) is 0 Å². The molecule has 180 valence electrons. The van der Waals surface area contributed by atoms with Gasteiger partial charge in [0.2, 0.25) is 0 Å². The number of nitrogens with zero attached hydrogens (tertiary/aromatic N) is 3. The number of carbonyl (C=O) groups excluding carboxylic acids is 3. The standard InChI is InChI=1S/C29H26N4O3/c1-20-23(19-33(31-20)24-12-3-2-4-13-24)11-8-16-30-27(34)22-10-7-9-21(17-22)18-32-28(35)25-14-5-6-15-26(25)29(32)36/h2-7,9-10,12-15,17,19H,8,11,16,18H2,1H3,(H,30,34). The topological polar surface area (TPSA) is 84.3 Å². The summed E-state index contributed by atoms with van der Waals surface area (Å²) in [5.74, 6) is -0.802. The minimum atomic E-state index is -0.309. The second-order valence-electron chi connectivity index (χ2n) is 8.82. The van der Waals surface area contributed by atoms with Gasteiger partial charge in [0.15, 0.2) is 0 Å². The van der Waals surface area contributed by atoms with E-state index in [9.17, 15) is 14.4 Å². The molecule has 0 saturated heterocycles. The van der Waals surface area contributed by atoms with Crippen molar-refractivity contribution in [3.8, 4) is 5.69 Å². The largest absolute Gasteiger partial charge is 0.352 e. The Balaban J connectivity index is 1.16. The van der Waals surface area contributed by atoms with Crippen LogP contribution in [0.5, 0.6) is 0 Å². The quantitative estimate of drug-likeness (QED) is 0.302. The fourth-order valence-corrected chi connectivity index (χ4v) is 4.41. The number of hydrogen-bond donors (Lipinski definition) is 1. The fourth-order valence-electron chi connectivity index (χ4n) is 4.41. The Labute approximate surface area is 209 Å². The van der Waals surface area contributed by atoms with Crippen LogP contribution < -0.4 is 5.32 Å². The van der Waals surface area contributed by atoms with Crippen molar-refractivity contribution >= 4 is 17.7 Å². The molecule has 1 aromatic heterocycles. The van der Waals surface area contributed by atoms with Crippen LogP contribution in [0.1, 0.15) is 54.3 Å². The van der Waals surface area contributed by atoms with Crippen LogP contribution in [-0.4, -0.2) is 38.9 Å². The van der Waals surface area contributed by atoms with Gasteiger partial charge in [0.05, 0.1) is 29.1 Å². The maximum atomic E-state index is 12.7. The van der Waals surface area contributed by atoms with Crippen LogP contribution in [0, 0.1) is 6.92 Å². The molecule has 4 aromatic rings. The zero-order valence-corrected chi connectivity index (χ0v) is 20.0. The maximum absolute atomic E-state index is 12.7. The van der Waals surface area contributed by atoms with Crippen LogP contribution >= 0.6 is 0 Å². The fraction of sp³-hybridized carbons (Fsp3) is 0.172. The molecule has 0 unspecified atom stereocenters. The lowest BCUT2D eigenvalue weighted by atomic mass is 10.1. The second-order valence-corrected chi connectivity index (χ2v) is 8.82. The summed E-state index contributed by atoms with van der Waals surface area (Å²) in [7, 11) is 0. The molecule has 7 nitrogen and oxygen atoms in total. The molecule has 1 aliphatic rings. The lowest BCUT2D eigenvalue weighted by molar-refractivity contribution is 0.0642. The van der Waals surface area contributed by atoms with Crippen LogP contribution in [0.15, 0.2) is 85.1 Å². The predicted molar refractivity (Wildman–Crippen MR) is 136 cm³/mol. The molecular weight excluding hydrogens is 452 g/mol. The minimum Gasteiger partial charge on any atom is -0.352 e. The van der Waals surface area contributed by atoms with Gasteiger partial charge in [-0.2, -0.15) is 5.10 Å². The van der Waals surface area contributed by atoms with Gasteiger partial charge in [-0.25, -0.2) is 4.68 Å². The van der Waals surface area contributed by atoms with Crippen molar-refractivity contribution in [2.75, 3.05) is 6.54 Å². The van der Waals surface area contributed by atoms with E-state index in [0.717, 1.165) is 35.3 Å². The van der Waals surface area contributed by atoms with Crippen molar-refractivity contribution in [2.24, 2.45) is 0 Å². The molecule has 7 heteroatoms. The zero-order chi connectivity index (χ0) is 25.1. The Bertz CT molecular complexity index is 1410. The normalized spacial score (nSPS) is 12.6. The first-order chi connectivity index (χ1) is 17.5. The third kappa shape index (κ3) is 4.68. The molecule has 5 rings (SSSR count). The van der Waals surface area contributed by atoms with Crippen molar-refractivity contribution in [1.29, 1.82) is 0 Å². The van der Waals surface area contributed by atoms with E-state index < -0.39 is 0 Å². The number of fused-ring (bicyclic) bond motifs is 1. The van der Waals surface area contributed by atoms with Crippen LogP contribution in [0.25, 0.3) is 5.69 Å². The number of hydrogen-bond acceptors (Lipinski definition) is 4. The van der Waals surface area contributed by atoms with Gasteiger partial charge in [-0.1, -0.05) is 42.5 Å². The number of imide groups is 1. The molecule has 3 amide bonds. The summed E-state index contributed by atoms with van der Waals surface area (Å²) in [5, 5.41) is 7.56. The predicted octanol–water partition coefficient (Wildman–Crippen LogP) is 4.34. The molecule has 0 bridgehead atoms. The molecule has 0 aliphatic carbocycles.